The molecule has 0 spiro atoms. The molecule has 2 atom stereocenters. The minimum atomic E-state index is -0.484. The summed E-state index contributed by atoms with van der Waals surface area (Å²) in [6.45, 7) is 5.48. The summed E-state index contributed by atoms with van der Waals surface area (Å²) >= 11 is 0. The lowest BCUT2D eigenvalue weighted by Crippen LogP contribution is -2.53. The Hall–Kier alpha value is -0.200. The highest BCUT2D eigenvalue weighted by Gasteiger charge is 2.41. The van der Waals surface area contributed by atoms with Crippen LogP contribution in [0.1, 0.15) is 136 Å². The average Bonchev–Trinajstić information content (AvgIpc) is 2.80. The van der Waals surface area contributed by atoms with Crippen molar-refractivity contribution in [3.63, 3.8) is 0 Å². The molecule has 0 saturated heterocycles. The van der Waals surface area contributed by atoms with Crippen molar-refractivity contribution in [1.29, 1.82) is 0 Å². The third-order valence-corrected chi connectivity index (χ3v) is 7.32. The molecule has 5 N–H and O–H groups in total. The number of aliphatic hydroxyl groups is 2. The quantitative estimate of drug-likeness (QED) is 0.0935. The van der Waals surface area contributed by atoms with E-state index in [0.717, 1.165) is 25.7 Å². The molecule has 2 unspecified atom stereocenters. The predicted molar refractivity (Wildman–Crippen MR) is 137 cm³/mol. The summed E-state index contributed by atoms with van der Waals surface area (Å²) in [7, 11) is 0. The lowest BCUT2D eigenvalue weighted by Gasteiger charge is -2.46. The first-order chi connectivity index (χ1) is 15.6. The molecule has 0 aliphatic rings. The summed E-state index contributed by atoms with van der Waals surface area (Å²) in [4.78, 5) is 0. The van der Waals surface area contributed by atoms with Gasteiger partial charge in [-0.3, -0.25) is 0 Å². The topological polar surface area (TPSA) is 90.0 Å². The number of nitrogens with zero attached hydrogens (tertiary/aromatic N) is 1. The zero-order valence-corrected chi connectivity index (χ0v) is 21.7. The molecule has 0 rings (SSSR count). The second-order valence-electron chi connectivity index (χ2n) is 9.78. The van der Waals surface area contributed by atoms with Crippen molar-refractivity contribution in [3.8, 4) is 0 Å². The molecule has 0 aromatic heterocycles. The maximum absolute atomic E-state index is 10.7. The van der Waals surface area contributed by atoms with Gasteiger partial charge in [-0.15, -0.1) is 0 Å². The van der Waals surface area contributed by atoms with Crippen LogP contribution >= 0.6 is 0 Å². The van der Waals surface area contributed by atoms with E-state index in [1.807, 2.05) is 6.92 Å². The molecular weight excluding hydrogens is 400 g/mol. The van der Waals surface area contributed by atoms with Crippen molar-refractivity contribution in [1.82, 2.24) is 5.06 Å². The van der Waals surface area contributed by atoms with E-state index in [9.17, 15) is 15.4 Å². The van der Waals surface area contributed by atoms with Gasteiger partial charge in [-0.25, -0.2) is 0 Å². The smallest absolute Gasteiger partial charge is 0.0511 e. The highest BCUT2D eigenvalue weighted by atomic mass is 16.5. The highest BCUT2D eigenvalue weighted by molar-refractivity contribution is 4.93. The molecule has 32 heavy (non-hydrogen) atoms. The number of rotatable bonds is 25. The van der Waals surface area contributed by atoms with Crippen LogP contribution in [-0.4, -0.2) is 52.3 Å². The Bertz CT molecular complexity index is 384. The van der Waals surface area contributed by atoms with E-state index in [-0.39, 0.29) is 19.1 Å². The third kappa shape index (κ3) is 14.1. The van der Waals surface area contributed by atoms with E-state index in [1.54, 1.807) is 0 Å². The Labute approximate surface area is 200 Å². The summed E-state index contributed by atoms with van der Waals surface area (Å²) in [5.41, 5.74) is 5.28. The SMILES string of the molecule is CCCCCCCCCCCCCCCCC(CCO)C(CCO)(CCCN)N(O)CC. The van der Waals surface area contributed by atoms with Crippen molar-refractivity contribution in [2.24, 2.45) is 11.7 Å². The fourth-order valence-electron chi connectivity index (χ4n) is 5.34. The Morgan fingerprint density at radius 2 is 1.16 bits per heavy atom. The monoisotopic (exact) mass is 458 g/mol. The van der Waals surface area contributed by atoms with E-state index in [4.69, 9.17) is 5.73 Å². The van der Waals surface area contributed by atoms with Gasteiger partial charge in [0, 0.05) is 19.8 Å². The molecule has 0 bridgehead atoms. The van der Waals surface area contributed by atoms with E-state index in [1.165, 1.54) is 88.5 Å². The molecule has 5 heteroatoms. The van der Waals surface area contributed by atoms with E-state index in [0.29, 0.717) is 25.9 Å². The zero-order chi connectivity index (χ0) is 23.9. The van der Waals surface area contributed by atoms with Gasteiger partial charge in [0.25, 0.3) is 0 Å². The maximum Gasteiger partial charge on any atom is 0.0511 e. The lowest BCUT2D eigenvalue weighted by molar-refractivity contribution is -0.202. The highest BCUT2D eigenvalue weighted by Crippen LogP contribution is 2.38. The minimum Gasteiger partial charge on any atom is -0.396 e. The molecule has 5 nitrogen and oxygen atoms in total. The maximum atomic E-state index is 10.7. The molecule has 0 aliphatic carbocycles. The molecule has 0 heterocycles. The van der Waals surface area contributed by atoms with Crippen LogP contribution < -0.4 is 5.73 Å². The second-order valence-corrected chi connectivity index (χ2v) is 9.78. The third-order valence-electron chi connectivity index (χ3n) is 7.32. The predicted octanol–water partition coefficient (Wildman–Crippen LogP) is 6.43. The molecule has 0 amide bonds. The van der Waals surface area contributed by atoms with Gasteiger partial charge in [-0.2, -0.15) is 5.06 Å². The standard InChI is InChI=1S/C27H58N2O3/c1-3-5-6-7-8-9-10-11-12-13-14-15-16-17-19-26(20-24-30)27(22-25-31,21-18-23-28)29(32)4-2/h26,30-32H,3-25,28H2,1-2H3. The van der Waals surface area contributed by atoms with Crippen molar-refractivity contribution in [3.05, 3.63) is 0 Å². The summed E-state index contributed by atoms with van der Waals surface area (Å²) in [5.74, 6) is 0.175. The molecule has 0 aromatic rings. The molecular formula is C27H58N2O3. The van der Waals surface area contributed by atoms with Crippen LogP contribution in [0.4, 0.5) is 0 Å². The summed E-state index contributed by atoms with van der Waals surface area (Å²) in [6.07, 6.45) is 22.6. The first-order valence-corrected chi connectivity index (χ1v) is 14.0. The van der Waals surface area contributed by atoms with Gasteiger partial charge >= 0.3 is 0 Å². The van der Waals surface area contributed by atoms with E-state index >= 15 is 0 Å². The number of hydroxylamine groups is 2. The van der Waals surface area contributed by atoms with E-state index in [2.05, 4.69) is 6.92 Å². The lowest BCUT2D eigenvalue weighted by atomic mass is 9.73. The zero-order valence-electron chi connectivity index (χ0n) is 21.7. The van der Waals surface area contributed by atoms with Crippen molar-refractivity contribution >= 4 is 0 Å². The van der Waals surface area contributed by atoms with Crippen molar-refractivity contribution < 1.29 is 15.4 Å². The fourth-order valence-corrected chi connectivity index (χ4v) is 5.34. The minimum absolute atomic E-state index is 0.0439. The fraction of sp³-hybridized carbons (Fsp3) is 1.00. The van der Waals surface area contributed by atoms with Gasteiger partial charge in [0.05, 0.1) is 5.54 Å². The van der Waals surface area contributed by atoms with Gasteiger partial charge in [0.2, 0.25) is 0 Å². The Morgan fingerprint density at radius 3 is 1.56 bits per heavy atom. The number of hydrogen-bond acceptors (Lipinski definition) is 5. The molecule has 0 saturated carbocycles. The number of unbranched alkanes of at least 4 members (excludes halogenated alkanes) is 13. The molecule has 194 valence electrons. The van der Waals surface area contributed by atoms with Crippen molar-refractivity contribution in [2.45, 2.75) is 141 Å². The van der Waals surface area contributed by atoms with Crippen LogP contribution in [-0.2, 0) is 0 Å². The summed E-state index contributed by atoms with van der Waals surface area (Å²) in [6, 6.07) is 0. The molecule has 0 aliphatic heterocycles. The van der Waals surface area contributed by atoms with Gasteiger partial charge in [0.1, 0.15) is 0 Å². The van der Waals surface area contributed by atoms with Crippen LogP contribution in [0.15, 0.2) is 0 Å². The van der Waals surface area contributed by atoms with Crippen LogP contribution in [0, 0.1) is 5.92 Å². The van der Waals surface area contributed by atoms with Crippen LogP contribution in [0.25, 0.3) is 0 Å². The van der Waals surface area contributed by atoms with Crippen LogP contribution in [0.5, 0.6) is 0 Å². The largest absolute Gasteiger partial charge is 0.396 e. The van der Waals surface area contributed by atoms with Gasteiger partial charge < -0.3 is 21.2 Å². The normalized spacial score (nSPS) is 14.7. The molecule has 0 aromatic carbocycles. The molecule has 0 radical (unpaired) electrons. The Morgan fingerprint density at radius 1 is 0.656 bits per heavy atom. The van der Waals surface area contributed by atoms with Crippen LogP contribution in [0.2, 0.25) is 0 Å². The summed E-state index contributed by atoms with van der Waals surface area (Å²) in [5, 5.41) is 31.6. The number of aliphatic hydroxyl groups excluding tert-OH is 2. The van der Waals surface area contributed by atoms with E-state index < -0.39 is 5.54 Å². The Balaban J connectivity index is 4.19. The number of nitrogens with two attached hydrogens (primary N) is 1. The molecule has 0 fully saturated rings. The second kappa shape index (κ2) is 22.6. The summed E-state index contributed by atoms with van der Waals surface area (Å²) < 4.78 is 0. The average molecular weight is 459 g/mol. The van der Waals surface area contributed by atoms with Crippen molar-refractivity contribution in [2.75, 3.05) is 26.3 Å². The Kier molecular flexibility index (Phi) is 22.4. The van der Waals surface area contributed by atoms with Crippen LogP contribution in [0.3, 0.4) is 0 Å². The number of hydrogen-bond donors (Lipinski definition) is 4. The first-order valence-electron chi connectivity index (χ1n) is 14.0. The van der Waals surface area contributed by atoms with Gasteiger partial charge in [-0.1, -0.05) is 104 Å². The van der Waals surface area contributed by atoms with Gasteiger partial charge in [-0.05, 0) is 44.6 Å². The first kappa shape index (κ1) is 31.8. The van der Waals surface area contributed by atoms with Gasteiger partial charge in [0.15, 0.2) is 0 Å².